The minimum Gasteiger partial charge on any atom is -0.478 e. The van der Waals surface area contributed by atoms with Gasteiger partial charge in [-0.15, -0.1) is 0 Å². The molecule has 2 aromatic heterocycles. The molecule has 0 aliphatic heterocycles. The molecule has 2 aromatic rings. The van der Waals surface area contributed by atoms with Crippen LogP contribution in [0.1, 0.15) is 10.4 Å². The Labute approximate surface area is 95.5 Å². The van der Waals surface area contributed by atoms with E-state index in [0.717, 1.165) is 0 Å². The van der Waals surface area contributed by atoms with Gasteiger partial charge < -0.3 is 14.2 Å². The van der Waals surface area contributed by atoms with Gasteiger partial charge >= 0.3 is 5.97 Å². The van der Waals surface area contributed by atoms with Crippen molar-refractivity contribution < 1.29 is 9.90 Å². The highest BCUT2D eigenvalue weighted by Gasteiger charge is 2.18. The Morgan fingerprint density at radius 2 is 1.94 bits per heavy atom. The lowest BCUT2D eigenvalue weighted by atomic mass is 10.2. The van der Waals surface area contributed by atoms with E-state index < -0.39 is 5.97 Å². The van der Waals surface area contributed by atoms with Crippen LogP contribution in [0.25, 0.3) is 10.9 Å². The monoisotopic (exact) mass is 240 g/mol. The molecule has 0 aliphatic rings. The van der Waals surface area contributed by atoms with Gasteiger partial charge in [0.25, 0.3) is 5.56 Å². The van der Waals surface area contributed by atoms with Crippen molar-refractivity contribution in [1.29, 1.82) is 0 Å². The lowest BCUT2D eigenvalue weighted by Crippen LogP contribution is -2.17. The van der Waals surface area contributed by atoms with E-state index in [-0.39, 0.29) is 16.5 Å². The van der Waals surface area contributed by atoms with Gasteiger partial charge in [0.2, 0.25) is 0 Å². The second-order valence-electron chi connectivity index (χ2n) is 3.58. The van der Waals surface area contributed by atoms with E-state index in [1.54, 1.807) is 11.6 Å². The number of aromatic nitrogens is 2. The van der Waals surface area contributed by atoms with Gasteiger partial charge in [-0.3, -0.25) is 4.79 Å². The van der Waals surface area contributed by atoms with E-state index in [9.17, 15) is 9.59 Å². The largest absolute Gasteiger partial charge is 0.478 e. The molecule has 0 bridgehead atoms. The third kappa shape index (κ3) is 1.32. The zero-order valence-corrected chi connectivity index (χ0v) is 9.45. The first kappa shape index (κ1) is 10.8. The number of nitrogens with zero attached hydrogens (tertiary/aromatic N) is 2. The molecular weight excluding hydrogens is 232 g/mol. The summed E-state index contributed by atoms with van der Waals surface area (Å²) in [6.45, 7) is 0. The molecule has 0 spiro atoms. The zero-order valence-electron chi connectivity index (χ0n) is 8.69. The highest BCUT2D eigenvalue weighted by atomic mass is 35.5. The van der Waals surface area contributed by atoms with Gasteiger partial charge in [0.1, 0.15) is 0 Å². The van der Waals surface area contributed by atoms with E-state index in [1.165, 1.54) is 24.0 Å². The summed E-state index contributed by atoms with van der Waals surface area (Å²) in [6, 6.07) is 0. The fourth-order valence-corrected chi connectivity index (χ4v) is 2.13. The highest BCUT2D eigenvalue weighted by Crippen LogP contribution is 2.24. The molecule has 0 atom stereocenters. The molecule has 5 nitrogen and oxygen atoms in total. The predicted octanol–water partition coefficient (Wildman–Crippen LogP) is 1.23. The fourth-order valence-electron chi connectivity index (χ4n) is 1.76. The van der Waals surface area contributed by atoms with Gasteiger partial charge in [-0.2, -0.15) is 0 Å². The third-order valence-corrected chi connectivity index (χ3v) is 2.76. The summed E-state index contributed by atoms with van der Waals surface area (Å²) >= 11 is 5.98. The van der Waals surface area contributed by atoms with Crippen LogP contribution in [0.3, 0.4) is 0 Å². The molecule has 1 N–H and O–H groups in total. The van der Waals surface area contributed by atoms with Crippen molar-refractivity contribution in [3.63, 3.8) is 0 Å². The molecule has 0 fully saturated rings. The van der Waals surface area contributed by atoms with Gasteiger partial charge in [-0.25, -0.2) is 4.79 Å². The number of aromatic carboxylic acids is 1. The summed E-state index contributed by atoms with van der Waals surface area (Å²) in [4.78, 5) is 22.8. The fraction of sp³-hybridized carbons (Fsp3) is 0.200. The van der Waals surface area contributed by atoms with Gasteiger partial charge in [-0.1, -0.05) is 11.6 Å². The van der Waals surface area contributed by atoms with Gasteiger partial charge in [0.15, 0.2) is 0 Å². The Morgan fingerprint density at radius 1 is 1.31 bits per heavy atom. The number of hydrogen-bond donors (Lipinski definition) is 1. The molecule has 2 heterocycles. The zero-order chi connectivity index (χ0) is 12.0. The first-order valence-corrected chi connectivity index (χ1v) is 4.88. The summed E-state index contributed by atoms with van der Waals surface area (Å²) in [6.07, 6.45) is 2.86. The first-order valence-electron chi connectivity index (χ1n) is 4.51. The van der Waals surface area contributed by atoms with Crippen molar-refractivity contribution in [1.82, 2.24) is 9.13 Å². The lowest BCUT2D eigenvalue weighted by Gasteiger charge is -2.02. The van der Waals surface area contributed by atoms with Crippen molar-refractivity contribution in [2.24, 2.45) is 14.1 Å². The average Bonchev–Trinajstić information content (AvgIpc) is 2.53. The molecule has 0 saturated heterocycles. The second-order valence-corrected chi connectivity index (χ2v) is 3.98. The van der Waals surface area contributed by atoms with Crippen LogP contribution in [0.15, 0.2) is 17.2 Å². The molecule has 0 unspecified atom stereocenters. The standard InChI is InChI=1S/C10H9ClN2O3/c1-12-3-5(10(15)16)7-8(12)6(11)4-13(2)9(7)14/h3-4H,1-2H3,(H,15,16). The minimum absolute atomic E-state index is 0.0272. The number of halogens is 1. The highest BCUT2D eigenvalue weighted by molar-refractivity contribution is 6.35. The van der Waals surface area contributed by atoms with Gasteiger partial charge in [0.05, 0.1) is 21.5 Å². The summed E-state index contributed by atoms with van der Waals surface area (Å²) in [5.74, 6) is -1.13. The molecule has 84 valence electrons. The summed E-state index contributed by atoms with van der Waals surface area (Å²) < 4.78 is 2.82. The molecule has 0 aliphatic carbocycles. The molecule has 6 heteroatoms. The Balaban J connectivity index is 3.09. The van der Waals surface area contributed by atoms with Gasteiger partial charge in [-0.05, 0) is 0 Å². The number of pyridine rings is 1. The smallest absolute Gasteiger partial charge is 0.338 e. The maximum atomic E-state index is 11.8. The maximum absolute atomic E-state index is 11.8. The normalized spacial score (nSPS) is 10.9. The van der Waals surface area contributed by atoms with Crippen LogP contribution in [0.2, 0.25) is 5.02 Å². The van der Waals surface area contributed by atoms with Crippen molar-refractivity contribution in [3.05, 3.63) is 33.3 Å². The van der Waals surface area contributed by atoms with Gasteiger partial charge in [0, 0.05) is 26.5 Å². The number of fused-ring (bicyclic) bond motifs is 1. The molecule has 16 heavy (non-hydrogen) atoms. The van der Waals surface area contributed by atoms with Crippen LogP contribution < -0.4 is 5.56 Å². The van der Waals surface area contributed by atoms with Crippen LogP contribution in [0.5, 0.6) is 0 Å². The van der Waals surface area contributed by atoms with Crippen molar-refractivity contribution in [2.45, 2.75) is 0 Å². The lowest BCUT2D eigenvalue weighted by molar-refractivity contribution is 0.0698. The maximum Gasteiger partial charge on any atom is 0.338 e. The van der Waals surface area contributed by atoms with Crippen LogP contribution in [-0.4, -0.2) is 20.2 Å². The van der Waals surface area contributed by atoms with Crippen molar-refractivity contribution >= 4 is 28.5 Å². The van der Waals surface area contributed by atoms with E-state index in [0.29, 0.717) is 10.5 Å². The number of carbonyl (C=O) groups is 1. The number of carboxylic acids is 1. The number of rotatable bonds is 1. The molecule has 0 radical (unpaired) electrons. The van der Waals surface area contributed by atoms with E-state index in [2.05, 4.69) is 0 Å². The Bertz CT molecular complexity index is 654. The number of aryl methyl sites for hydroxylation is 2. The second kappa shape index (κ2) is 3.38. The van der Waals surface area contributed by atoms with E-state index in [4.69, 9.17) is 16.7 Å². The number of carboxylic acid groups (broad SMARTS) is 1. The van der Waals surface area contributed by atoms with Crippen molar-refractivity contribution in [2.75, 3.05) is 0 Å². The van der Waals surface area contributed by atoms with Crippen LogP contribution in [0, 0.1) is 0 Å². The third-order valence-electron chi connectivity index (χ3n) is 2.48. The first-order chi connectivity index (χ1) is 7.43. The van der Waals surface area contributed by atoms with Crippen molar-refractivity contribution in [3.8, 4) is 0 Å². The molecular formula is C10H9ClN2O3. The molecule has 2 rings (SSSR count). The quantitative estimate of drug-likeness (QED) is 0.815. The Morgan fingerprint density at radius 3 is 2.50 bits per heavy atom. The van der Waals surface area contributed by atoms with Crippen LogP contribution >= 0.6 is 11.6 Å². The topological polar surface area (TPSA) is 64.2 Å². The Kier molecular flexibility index (Phi) is 2.27. The van der Waals surface area contributed by atoms with E-state index >= 15 is 0 Å². The van der Waals surface area contributed by atoms with Crippen LogP contribution in [0.4, 0.5) is 0 Å². The number of hydrogen-bond acceptors (Lipinski definition) is 2. The minimum atomic E-state index is -1.13. The Hall–Kier alpha value is -1.75. The molecule has 0 aromatic carbocycles. The predicted molar refractivity (Wildman–Crippen MR) is 60.1 cm³/mol. The summed E-state index contributed by atoms with van der Waals surface area (Å²) in [5.41, 5.74) is 0.0557. The SMILES string of the molecule is Cn1cc(Cl)c2c(c(C(=O)O)cn2C)c1=O. The summed E-state index contributed by atoms with van der Waals surface area (Å²) in [5, 5.41) is 9.50. The van der Waals surface area contributed by atoms with Crippen LogP contribution in [-0.2, 0) is 14.1 Å². The molecule has 0 saturated carbocycles. The molecule has 0 amide bonds. The van der Waals surface area contributed by atoms with E-state index in [1.807, 2.05) is 0 Å². The summed E-state index contributed by atoms with van der Waals surface area (Å²) in [7, 11) is 3.19. The average molecular weight is 241 g/mol.